The van der Waals surface area contributed by atoms with Gasteiger partial charge < -0.3 is 23.7 Å². The summed E-state index contributed by atoms with van der Waals surface area (Å²) in [5, 5.41) is 11.0. The second-order valence-electron chi connectivity index (χ2n) is 10.3. The summed E-state index contributed by atoms with van der Waals surface area (Å²) in [6.45, 7) is 6.00. The second kappa shape index (κ2) is 14.3. The maximum Gasteiger partial charge on any atom is 0.338 e. The van der Waals surface area contributed by atoms with Crippen LogP contribution in [-0.4, -0.2) is 42.9 Å². The van der Waals surface area contributed by atoms with Crippen molar-refractivity contribution in [2.45, 2.75) is 33.4 Å². The van der Waals surface area contributed by atoms with Gasteiger partial charge in [0.2, 0.25) is 0 Å². The molecule has 47 heavy (non-hydrogen) atoms. The molecule has 0 unspecified atom stereocenters. The number of aromatic nitrogens is 1. The molecule has 244 valence electrons. The smallest absolute Gasteiger partial charge is 0.338 e. The highest BCUT2D eigenvalue weighted by atomic mass is 32.1. The first-order valence-corrected chi connectivity index (χ1v) is 15.5. The standard InChI is InChI=1S/C34H33N3O9S/c1-6-44-28-16-22(10-14-26(28)46-19-21-8-12-24(13-9-21)37(40)41)17-29-32(38)36-31(23-11-15-25(42-4)27(18-23)43-5)30(33(39)45-7-2)20(3)35-34(36)47-29/h8-18,31H,6-7,19H2,1-5H3/b29-17-/t31-/m0/s1. The summed E-state index contributed by atoms with van der Waals surface area (Å²) < 4.78 is 30.0. The SMILES string of the molecule is CCOC(=O)C1=C(C)N=c2s/c(=C\c3ccc(OCc4ccc([N+](=O)[O-])cc4)c(OCC)c3)c(=O)n2[C@H]1c1ccc(OC)c(OC)c1. The van der Waals surface area contributed by atoms with Gasteiger partial charge in [-0.05, 0) is 79.9 Å². The first-order chi connectivity index (χ1) is 22.7. The Morgan fingerprint density at radius 1 is 0.957 bits per heavy atom. The number of methoxy groups -OCH3 is 2. The molecule has 12 nitrogen and oxygen atoms in total. The summed E-state index contributed by atoms with van der Waals surface area (Å²) in [7, 11) is 3.05. The number of esters is 1. The van der Waals surface area contributed by atoms with E-state index in [1.807, 2.05) is 6.92 Å². The van der Waals surface area contributed by atoms with E-state index in [1.165, 1.54) is 42.3 Å². The number of hydrogen-bond acceptors (Lipinski definition) is 11. The van der Waals surface area contributed by atoms with Crippen molar-refractivity contribution in [1.29, 1.82) is 0 Å². The van der Waals surface area contributed by atoms with Gasteiger partial charge in [0.05, 0.1) is 54.2 Å². The Kier molecular flexibility index (Phi) is 10.0. The molecule has 4 aromatic rings. The van der Waals surface area contributed by atoms with Crippen LogP contribution in [0.25, 0.3) is 6.08 Å². The van der Waals surface area contributed by atoms with Crippen LogP contribution in [-0.2, 0) is 16.1 Å². The number of hydrogen-bond donors (Lipinski definition) is 0. The zero-order valence-electron chi connectivity index (χ0n) is 26.5. The average molecular weight is 660 g/mol. The van der Waals surface area contributed by atoms with E-state index >= 15 is 0 Å². The van der Waals surface area contributed by atoms with E-state index in [2.05, 4.69) is 4.99 Å². The molecule has 5 rings (SSSR count). The monoisotopic (exact) mass is 659 g/mol. The minimum absolute atomic E-state index is 0.000659. The van der Waals surface area contributed by atoms with Crippen molar-refractivity contribution in [2.75, 3.05) is 27.4 Å². The van der Waals surface area contributed by atoms with Crippen LogP contribution in [0.3, 0.4) is 0 Å². The highest BCUT2D eigenvalue weighted by Gasteiger charge is 2.34. The molecule has 0 N–H and O–H groups in total. The number of non-ortho nitro benzene ring substituents is 1. The van der Waals surface area contributed by atoms with Crippen molar-refractivity contribution in [1.82, 2.24) is 4.57 Å². The van der Waals surface area contributed by atoms with Crippen molar-refractivity contribution < 1.29 is 33.4 Å². The van der Waals surface area contributed by atoms with Crippen LogP contribution in [0.5, 0.6) is 23.0 Å². The van der Waals surface area contributed by atoms with Gasteiger partial charge in [-0.3, -0.25) is 19.5 Å². The van der Waals surface area contributed by atoms with Gasteiger partial charge in [-0.2, -0.15) is 0 Å². The van der Waals surface area contributed by atoms with Crippen LogP contribution in [0.1, 0.15) is 43.5 Å². The highest BCUT2D eigenvalue weighted by Crippen LogP contribution is 2.36. The largest absolute Gasteiger partial charge is 0.493 e. The summed E-state index contributed by atoms with van der Waals surface area (Å²) in [5.74, 6) is 1.34. The number of benzene rings is 3. The number of nitro groups is 1. The quantitative estimate of drug-likeness (QED) is 0.120. The minimum Gasteiger partial charge on any atom is -0.493 e. The van der Waals surface area contributed by atoms with E-state index in [-0.39, 0.29) is 30.0 Å². The zero-order chi connectivity index (χ0) is 33.7. The van der Waals surface area contributed by atoms with Gasteiger partial charge >= 0.3 is 5.97 Å². The summed E-state index contributed by atoms with van der Waals surface area (Å²) >= 11 is 1.20. The Morgan fingerprint density at radius 3 is 2.34 bits per heavy atom. The van der Waals surface area contributed by atoms with Crippen LogP contribution < -0.4 is 33.8 Å². The minimum atomic E-state index is -0.818. The Labute approximate surface area is 273 Å². The van der Waals surface area contributed by atoms with E-state index in [1.54, 1.807) is 68.5 Å². The topological polar surface area (TPSA) is 141 Å². The predicted molar refractivity (Wildman–Crippen MR) is 175 cm³/mol. The van der Waals surface area contributed by atoms with E-state index < -0.39 is 16.9 Å². The Balaban J connectivity index is 1.54. The van der Waals surface area contributed by atoms with Crippen molar-refractivity contribution >= 4 is 29.1 Å². The lowest BCUT2D eigenvalue weighted by atomic mass is 9.95. The fourth-order valence-electron chi connectivity index (χ4n) is 5.16. The number of nitro benzene ring substituents is 1. The number of allylic oxidation sites excluding steroid dienone is 1. The Bertz CT molecular complexity index is 2030. The number of nitrogens with zero attached hydrogens (tertiary/aromatic N) is 3. The molecule has 0 aliphatic carbocycles. The molecule has 0 bridgehead atoms. The fraction of sp³-hybridized carbons (Fsp3) is 0.265. The maximum atomic E-state index is 14.1. The number of fused-ring (bicyclic) bond motifs is 1. The third-order valence-electron chi connectivity index (χ3n) is 7.35. The van der Waals surface area contributed by atoms with Crippen molar-refractivity contribution in [3.63, 3.8) is 0 Å². The summed E-state index contributed by atoms with van der Waals surface area (Å²) in [6.07, 6.45) is 1.74. The molecule has 3 aromatic carbocycles. The van der Waals surface area contributed by atoms with Crippen LogP contribution in [0.15, 0.2) is 81.7 Å². The maximum absolute atomic E-state index is 14.1. The summed E-state index contributed by atoms with van der Waals surface area (Å²) in [6, 6.07) is 15.9. The Hall–Kier alpha value is -5.43. The van der Waals surface area contributed by atoms with Crippen molar-refractivity contribution in [2.24, 2.45) is 4.99 Å². The van der Waals surface area contributed by atoms with Gasteiger partial charge in [0, 0.05) is 12.1 Å². The molecule has 13 heteroatoms. The molecule has 0 amide bonds. The summed E-state index contributed by atoms with van der Waals surface area (Å²) in [5.41, 5.74) is 2.44. The molecule has 0 saturated carbocycles. The first-order valence-electron chi connectivity index (χ1n) is 14.7. The van der Waals surface area contributed by atoms with Crippen LogP contribution in [0, 0.1) is 10.1 Å². The van der Waals surface area contributed by atoms with Gasteiger partial charge in [-0.15, -0.1) is 0 Å². The van der Waals surface area contributed by atoms with E-state index in [0.717, 1.165) is 5.56 Å². The van der Waals surface area contributed by atoms with Crippen molar-refractivity contribution in [3.05, 3.63) is 118 Å². The molecule has 1 aliphatic rings. The van der Waals surface area contributed by atoms with Gasteiger partial charge in [-0.1, -0.05) is 23.5 Å². The highest BCUT2D eigenvalue weighted by molar-refractivity contribution is 7.07. The molecule has 2 heterocycles. The molecular formula is C34H33N3O9S. The summed E-state index contributed by atoms with van der Waals surface area (Å²) in [4.78, 5) is 42.9. The molecular weight excluding hydrogens is 626 g/mol. The van der Waals surface area contributed by atoms with Gasteiger partial charge in [0.1, 0.15) is 6.61 Å². The molecule has 0 spiro atoms. The Morgan fingerprint density at radius 2 is 1.68 bits per heavy atom. The lowest BCUT2D eigenvalue weighted by molar-refractivity contribution is -0.384. The number of carbonyl (C=O) groups excluding carboxylic acids is 1. The average Bonchev–Trinajstić information content (AvgIpc) is 3.37. The second-order valence-corrected chi connectivity index (χ2v) is 11.3. The van der Waals surface area contributed by atoms with Crippen LogP contribution >= 0.6 is 11.3 Å². The fourth-order valence-corrected chi connectivity index (χ4v) is 6.20. The number of thiazole rings is 1. The molecule has 0 radical (unpaired) electrons. The van der Waals surface area contributed by atoms with E-state index in [0.29, 0.717) is 55.8 Å². The number of carbonyl (C=O) groups is 1. The van der Waals surface area contributed by atoms with E-state index in [4.69, 9.17) is 23.7 Å². The number of ether oxygens (including phenoxy) is 5. The molecule has 1 aromatic heterocycles. The lowest BCUT2D eigenvalue weighted by Crippen LogP contribution is -2.39. The third-order valence-corrected chi connectivity index (χ3v) is 8.33. The van der Waals surface area contributed by atoms with E-state index in [9.17, 15) is 19.7 Å². The van der Waals surface area contributed by atoms with Gasteiger partial charge in [0.25, 0.3) is 11.2 Å². The normalized spacial score (nSPS) is 14.2. The third kappa shape index (κ3) is 6.89. The molecule has 1 aliphatic heterocycles. The van der Waals surface area contributed by atoms with Crippen LogP contribution in [0.4, 0.5) is 5.69 Å². The zero-order valence-corrected chi connectivity index (χ0v) is 27.3. The van der Waals surface area contributed by atoms with Crippen LogP contribution in [0.2, 0.25) is 0 Å². The predicted octanol–water partition coefficient (Wildman–Crippen LogP) is 4.70. The van der Waals surface area contributed by atoms with Gasteiger partial charge in [0.15, 0.2) is 27.8 Å². The molecule has 1 atom stereocenters. The lowest BCUT2D eigenvalue weighted by Gasteiger charge is -2.25. The van der Waals surface area contributed by atoms with Crippen molar-refractivity contribution in [3.8, 4) is 23.0 Å². The number of rotatable bonds is 12. The van der Waals surface area contributed by atoms with Gasteiger partial charge in [-0.25, -0.2) is 9.79 Å². The molecule has 0 fully saturated rings. The molecule has 0 saturated heterocycles. The first kappa shape index (κ1) is 32.9.